The van der Waals surface area contributed by atoms with Crippen molar-refractivity contribution < 1.29 is 47.7 Å². The second-order valence-corrected chi connectivity index (χ2v) is 21.2. The standard InChI is InChI=1S/C61H107N3O10/c1-5-9-13-15-17-19-21-23-25-27-32-42-56(65)70-49-53(50-71-57(66)43-33-28-26-24-22-20-18-16-14-10-6-2)72-59(68)55(45-44-51-37-30-29-31-38-51)64-48-36-46-61(64,58(67)54(63)41-34-35-47-62)74-60(69)73-52(39-11-7-3)40-12-8-4/h29-31,37-38,52-55H,5-28,32-36,39-50,62-63H2,1-4H3/t54?,55-,61-/m0/s1. The van der Waals surface area contributed by atoms with Crippen LogP contribution in [0.3, 0.4) is 0 Å². The number of benzene rings is 1. The van der Waals surface area contributed by atoms with Gasteiger partial charge in [0.1, 0.15) is 25.4 Å². The molecule has 1 aromatic carbocycles. The molecule has 1 aromatic rings. The summed E-state index contributed by atoms with van der Waals surface area (Å²) in [7, 11) is 0. The highest BCUT2D eigenvalue weighted by atomic mass is 16.7. The van der Waals surface area contributed by atoms with Crippen LogP contribution < -0.4 is 11.5 Å². The van der Waals surface area contributed by atoms with Crippen LogP contribution in [0.1, 0.15) is 264 Å². The third-order valence-electron chi connectivity index (χ3n) is 14.7. The number of likely N-dealkylation sites (tertiary alicyclic amines) is 1. The lowest BCUT2D eigenvalue weighted by atomic mass is 9.93. The fourth-order valence-electron chi connectivity index (χ4n) is 10.1. The molecule has 3 atom stereocenters. The van der Waals surface area contributed by atoms with Crippen LogP contribution in [0.5, 0.6) is 0 Å². The summed E-state index contributed by atoms with van der Waals surface area (Å²) in [6, 6.07) is 7.57. The van der Waals surface area contributed by atoms with E-state index in [4.69, 9.17) is 35.2 Å². The minimum absolute atomic E-state index is 0.103. The lowest BCUT2D eigenvalue weighted by Crippen LogP contribution is -2.63. The number of ether oxygens (including phenoxy) is 5. The summed E-state index contributed by atoms with van der Waals surface area (Å²) >= 11 is 0. The molecule has 1 aliphatic heterocycles. The molecule has 1 unspecified atom stereocenters. The first kappa shape index (κ1) is 66.6. The van der Waals surface area contributed by atoms with Crippen molar-refractivity contribution in [2.75, 3.05) is 26.3 Å². The first-order valence-electron chi connectivity index (χ1n) is 30.3. The van der Waals surface area contributed by atoms with Gasteiger partial charge in [0.15, 0.2) is 6.10 Å². The van der Waals surface area contributed by atoms with Crippen molar-refractivity contribution in [2.45, 2.75) is 295 Å². The molecule has 1 aliphatic rings. The molecule has 74 heavy (non-hydrogen) atoms. The first-order chi connectivity index (χ1) is 36.0. The Bertz CT molecular complexity index is 1550. The number of nitrogens with zero attached hydrogens (tertiary/aromatic N) is 1. The molecule has 0 aliphatic carbocycles. The van der Waals surface area contributed by atoms with Gasteiger partial charge >= 0.3 is 24.1 Å². The first-order valence-corrected chi connectivity index (χ1v) is 30.3. The highest BCUT2D eigenvalue weighted by molar-refractivity contribution is 5.94. The molecule has 1 fully saturated rings. The third-order valence-corrected chi connectivity index (χ3v) is 14.7. The van der Waals surface area contributed by atoms with E-state index >= 15 is 0 Å². The van der Waals surface area contributed by atoms with Gasteiger partial charge < -0.3 is 35.2 Å². The van der Waals surface area contributed by atoms with Crippen LogP contribution in [-0.2, 0) is 49.3 Å². The summed E-state index contributed by atoms with van der Waals surface area (Å²) in [5, 5.41) is 0. The zero-order valence-corrected chi connectivity index (χ0v) is 47.4. The average Bonchev–Trinajstić information content (AvgIpc) is 3.82. The fourth-order valence-corrected chi connectivity index (χ4v) is 10.1. The van der Waals surface area contributed by atoms with E-state index in [1.165, 1.54) is 89.9 Å². The molecule has 0 saturated carbocycles. The Morgan fingerprint density at radius 1 is 0.554 bits per heavy atom. The van der Waals surface area contributed by atoms with Crippen LogP contribution in [0.25, 0.3) is 0 Å². The van der Waals surface area contributed by atoms with Crippen LogP contribution >= 0.6 is 0 Å². The van der Waals surface area contributed by atoms with E-state index in [0.29, 0.717) is 64.3 Å². The van der Waals surface area contributed by atoms with E-state index in [1.807, 2.05) is 30.3 Å². The Kier molecular flexibility index (Phi) is 39.2. The summed E-state index contributed by atoms with van der Waals surface area (Å²) in [6.07, 6.45) is 31.0. The number of rotatable bonds is 48. The largest absolute Gasteiger partial charge is 0.510 e. The maximum atomic E-state index is 14.9. The van der Waals surface area contributed by atoms with Gasteiger partial charge in [0.25, 0.3) is 0 Å². The van der Waals surface area contributed by atoms with Crippen molar-refractivity contribution >= 4 is 29.8 Å². The Labute approximate surface area is 449 Å². The summed E-state index contributed by atoms with van der Waals surface area (Å²) in [5.41, 5.74) is 11.5. The molecule has 426 valence electrons. The van der Waals surface area contributed by atoms with Gasteiger partial charge in [-0.2, -0.15) is 0 Å². The minimum atomic E-state index is -1.92. The number of hydrogen-bond acceptors (Lipinski definition) is 13. The van der Waals surface area contributed by atoms with Gasteiger partial charge in [-0.15, -0.1) is 0 Å². The van der Waals surface area contributed by atoms with E-state index in [1.54, 1.807) is 4.90 Å². The SMILES string of the molecule is CCCCCCCCCCCCCC(=O)OCC(COC(=O)CCCCCCCCCCCCC)OC(=O)[C@H](CCc1ccccc1)N1CCC[C@]1(OC(=O)OC(CCCC)CCCC)C(=O)C(N)CCCCN. The molecule has 4 N–H and O–H groups in total. The Hall–Kier alpha value is -3.55. The van der Waals surface area contributed by atoms with Crippen LogP contribution in [0.15, 0.2) is 30.3 Å². The summed E-state index contributed by atoms with van der Waals surface area (Å²) < 4.78 is 30.0. The zero-order valence-electron chi connectivity index (χ0n) is 47.4. The quantitative estimate of drug-likeness (QED) is 0.0357. The van der Waals surface area contributed by atoms with Crippen molar-refractivity contribution in [3.8, 4) is 0 Å². The number of esters is 3. The van der Waals surface area contributed by atoms with Crippen molar-refractivity contribution in [3.05, 3.63) is 35.9 Å². The van der Waals surface area contributed by atoms with Crippen molar-refractivity contribution in [1.82, 2.24) is 4.90 Å². The summed E-state index contributed by atoms with van der Waals surface area (Å²) in [4.78, 5) is 71.8. The van der Waals surface area contributed by atoms with Crippen LogP contribution in [0.2, 0.25) is 0 Å². The van der Waals surface area contributed by atoms with Gasteiger partial charge in [-0.3, -0.25) is 19.2 Å². The molecule has 13 heteroatoms. The number of aryl methyl sites for hydroxylation is 1. The lowest BCUT2D eigenvalue weighted by Gasteiger charge is -2.41. The van der Waals surface area contributed by atoms with Gasteiger partial charge in [0, 0.05) is 25.8 Å². The predicted octanol–water partition coefficient (Wildman–Crippen LogP) is 14.1. The molecule has 13 nitrogen and oxygen atoms in total. The molecule has 0 radical (unpaired) electrons. The molecule has 0 spiro atoms. The number of unbranched alkanes of at least 4 members (excludes halogenated alkanes) is 23. The van der Waals surface area contributed by atoms with E-state index in [2.05, 4.69) is 27.7 Å². The van der Waals surface area contributed by atoms with Gasteiger partial charge in [-0.25, -0.2) is 9.69 Å². The third kappa shape index (κ3) is 29.7. The molecule has 0 amide bonds. The molecule has 2 rings (SSSR count). The number of carbonyl (C=O) groups excluding carboxylic acids is 5. The van der Waals surface area contributed by atoms with Crippen LogP contribution in [0, 0.1) is 0 Å². The van der Waals surface area contributed by atoms with Crippen molar-refractivity contribution in [2.24, 2.45) is 11.5 Å². The van der Waals surface area contributed by atoms with Crippen molar-refractivity contribution in [1.29, 1.82) is 0 Å². The number of hydrogen-bond donors (Lipinski definition) is 2. The van der Waals surface area contributed by atoms with E-state index < -0.39 is 59.9 Å². The number of nitrogens with two attached hydrogens (primary N) is 2. The van der Waals surface area contributed by atoms with Crippen LogP contribution in [-0.4, -0.2) is 91.1 Å². The Balaban J connectivity index is 2.33. The lowest BCUT2D eigenvalue weighted by molar-refractivity contribution is -0.185. The molecule has 0 aromatic heterocycles. The smallest absolute Gasteiger partial charge is 0.462 e. The van der Waals surface area contributed by atoms with Crippen molar-refractivity contribution in [3.63, 3.8) is 0 Å². The minimum Gasteiger partial charge on any atom is -0.462 e. The van der Waals surface area contributed by atoms with E-state index in [9.17, 15) is 24.0 Å². The van der Waals surface area contributed by atoms with E-state index in [0.717, 1.165) is 69.8 Å². The monoisotopic (exact) mass is 1040 g/mol. The molecule has 1 heterocycles. The average molecular weight is 1040 g/mol. The highest BCUT2D eigenvalue weighted by Crippen LogP contribution is 2.37. The number of ketones is 1. The van der Waals surface area contributed by atoms with E-state index in [-0.39, 0.29) is 45.4 Å². The molecular weight excluding hydrogens is 935 g/mol. The maximum Gasteiger partial charge on any atom is 0.510 e. The zero-order chi connectivity index (χ0) is 53.9. The summed E-state index contributed by atoms with van der Waals surface area (Å²) in [6.45, 7) is 8.68. The number of Topliss-reactive ketones (excluding diaryl/α,β-unsaturated/α-hetero) is 1. The molecular formula is C61H107N3O10. The topological polar surface area (TPSA) is 187 Å². The Morgan fingerprint density at radius 2 is 1.03 bits per heavy atom. The van der Waals surface area contributed by atoms with Gasteiger partial charge in [0.05, 0.1) is 6.04 Å². The normalized spacial score (nSPS) is 15.6. The highest BCUT2D eigenvalue weighted by Gasteiger charge is 2.56. The maximum absolute atomic E-state index is 14.9. The van der Waals surface area contributed by atoms with Gasteiger partial charge in [0.2, 0.25) is 11.5 Å². The number of carbonyl (C=O) groups is 5. The second kappa shape index (κ2) is 43.5. The summed E-state index contributed by atoms with van der Waals surface area (Å²) in [5.74, 6) is -2.05. The second-order valence-electron chi connectivity index (χ2n) is 21.2. The molecule has 0 bridgehead atoms. The molecule has 1 saturated heterocycles. The fraction of sp³-hybridized carbons (Fsp3) is 0.820. The predicted molar refractivity (Wildman–Crippen MR) is 297 cm³/mol. The van der Waals surface area contributed by atoms with Crippen LogP contribution in [0.4, 0.5) is 4.79 Å². The van der Waals surface area contributed by atoms with Gasteiger partial charge in [-0.1, -0.05) is 219 Å². The van der Waals surface area contributed by atoms with Gasteiger partial charge in [-0.05, 0) is 69.9 Å². The Morgan fingerprint density at radius 3 is 1.50 bits per heavy atom.